The van der Waals surface area contributed by atoms with E-state index in [1.807, 2.05) is 0 Å². The molecule has 2 rings (SSSR count). The second kappa shape index (κ2) is 2.47. The van der Waals surface area contributed by atoms with Crippen LogP contribution in [-0.2, 0) is 0 Å². The average molecular weight is 167 g/mol. The van der Waals surface area contributed by atoms with E-state index in [0.717, 1.165) is 18.0 Å². The van der Waals surface area contributed by atoms with Crippen molar-refractivity contribution in [3.8, 4) is 0 Å². The van der Waals surface area contributed by atoms with Gasteiger partial charge in [-0.05, 0) is 30.7 Å². The third kappa shape index (κ3) is 1.19. The predicted octanol–water partition coefficient (Wildman–Crippen LogP) is 2.52. The summed E-state index contributed by atoms with van der Waals surface area (Å²) in [6.45, 7) is 10.7. The summed E-state index contributed by atoms with van der Waals surface area (Å²) in [6.07, 6.45) is 2.95. The zero-order valence-electron chi connectivity index (χ0n) is 8.80. The van der Waals surface area contributed by atoms with E-state index in [0.29, 0.717) is 5.41 Å². The largest absolute Gasteiger partial charge is 0.297 e. The summed E-state index contributed by atoms with van der Waals surface area (Å²) in [5.74, 6) is 1.06. The highest BCUT2D eigenvalue weighted by Gasteiger charge is 2.53. The lowest BCUT2D eigenvalue weighted by atomic mass is 9.84. The van der Waals surface area contributed by atoms with Crippen molar-refractivity contribution in [2.75, 3.05) is 6.54 Å². The van der Waals surface area contributed by atoms with Crippen molar-refractivity contribution in [2.24, 2.45) is 11.3 Å². The highest BCUT2D eigenvalue weighted by molar-refractivity contribution is 5.07. The summed E-state index contributed by atoms with van der Waals surface area (Å²) < 4.78 is 0. The molecule has 1 aliphatic carbocycles. The molecule has 0 bridgehead atoms. The van der Waals surface area contributed by atoms with Crippen molar-refractivity contribution in [1.82, 2.24) is 4.90 Å². The van der Waals surface area contributed by atoms with Gasteiger partial charge >= 0.3 is 0 Å². The molecule has 0 spiro atoms. The molecule has 1 heterocycles. The second-order valence-electron chi connectivity index (χ2n) is 5.51. The Labute approximate surface area is 76.1 Å². The molecule has 1 nitrogen and oxygen atoms in total. The molecule has 70 valence electrons. The molecule has 3 unspecified atom stereocenters. The maximum Gasteiger partial charge on any atom is 0.0150 e. The Morgan fingerprint density at radius 1 is 1.25 bits per heavy atom. The van der Waals surface area contributed by atoms with E-state index in [-0.39, 0.29) is 0 Å². The first-order chi connectivity index (χ1) is 5.54. The SMILES string of the molecule is CCN1C2CC2CC1C(C)(C)C. The summed E-state index contributed by atoms with van der Waals surface area (Å²) in [7, 11) is 0. The van der Waals surface area contributed by atoms with Gasteiger partial charge in [0.05, 0.1) is 0 Å². The lowest BCUT2D eigenvalue weighted by Crippen LogP contribution is -2.41. The van der Waals surface area contributed by atoms with Crippen LogP contribution >= 0.6 is 0 Å². The highest BCUT2D eigenvalue weighted by Crippen LogP contribution is 2.51. The van der Waals surface area contributed by atoms with Gasteiger partial charge < -0.3 is 0 Å². The molecule has 2 fully saturated rings. The molecular formula is C11H21N. The highest BCUT2D eigenvalue weighted by atomic mass is 15.3. The fraction of sp³-hybridized carbons (Fsp3) is 1.00. The van der Waals surface area contributed by atoms with Crippen molar-refractivity contribution in [3.05, 3.63) is 0 Å². The molecule has 1 heteroatoms. The van der Waals surface area contributed by atoms with Gasteiger partial charge in [-0.25, -0.2) is 0 Å². The van der Waals surface area contributed by atoms with Crippen LogP contribution in [0, 0.1) is 11.3 Å². The Balaban J connectivity index is 2.08. The van der Waals surface area contributed by atoms with Crippen LogP contribution in [0.25, 0.3) is 0 Å². The van der Waals surface area contributed by atoms with E-state index in [4.69, 9.17) is 0 Å². The number of fused-ring (bicyclic) bond motifs is 1. The van der Waals surface area contributed by atoms with E-state index in [2.05, 4.69) is 32.6 Å². The molecule has 1 aliphatic heterocycles. The molecule has 3 atom stereocenters. The fourth-order valence-corrected chi connectivity index (χ4v) is 2.85. The first-order valence-corrected chi connectivity index (χ1v) is 5.29. The minimum Gasteiger partial charge on any atom is -0.297 e. The van der Waals surface area contributed by atoms with Crippen LogP contribution in [0.1, 0.15) is 40.5 Å². The second-order valence-corrected chi connectivity index (χ2v) is 5.51. The third-order valence-corrected chi connectivity index (χ3v) is 3.60. The summed E-state index contributed by atoms with van der Waals surface area (Å²) in [4.78, 5) is 2.73. The van der Waals surface area contributed by atoms with Gasteiger partial charge in [0, 0.05) is 12.1 Å². The number of hydrogen-bond donors (Lipinski definition) is 0. The van der Waals surface area contributed by atoms with Gasteiger partial charge in [-0.15, -0.1) is 0 Å². The first-order valence-electron chi connectivity index (χ1n) is 5.29. The average Bonchev–Trinajstić information content (AvgIpc) is 2.61. The number of likely N-dealkylation sites (tertiary alicyclic amines) is 1. The van der Waals surface area contributed by atoms with E-state index in [1.54, 1.807) is 0 Å². The Kier molecular flexibility index (Phi) is 1.76. The molecule has 1 saturated heterocycles. The summed E-state index contributed by atoms with van der Waals surface area (Å²) in [5.41, 5.74) is 0.490. The standard InChI is InChI=1S/C11H21N/c1-5-12-9-6-8(9)7-10(12)11(2,3)4/h8-10H,5-7H2,1-4H3. The normalized spacial score (nSPS) is 41.5. The number of piperidine rings is 1. The maximum atomic E-state index is 2.73. The Hall–Kier alpha value is -0.0400. The van der Waals surface area contributed by atoms with Gasteiger partial charge in [0.25, 0.3) is 0 Å². The maximum absolute atomic E-state index is 2.73. The van der Waals surface area contributed by atoms with E-state index < -0.39 is 0 Å². The van der Waals surface area contributed by atoms with Crippen LogP contribution in [0.5, 0.6) is 0 Å². The number of hydrogen-bond acceptors (Lipinski definition) is 1. The van der Waals surface area contributed by atoms with Gasteiger partial charge in [-0.2, -0.15) is 0 Å². The zero-order chi connectivity index (χ0) is 8.93. The van der Waals surface area contributed by atoms with Crippen LogP contribution in [0.4, 0.5) is 0 Å². The van der Waals surface area contributed by atoms with Gasteiger partial charge in [-0.1, -0.05) is 27.7 Å². The van der Waals surface area contributed by atoms with Crippen molar-refractivity contribution in [2.45, 2.75) is 52.6 Å². The van der Waals surface area contributed by atoms with Crippen LogP contribution < -0.4 is 0 Å². The molecule has 1 saturated carbocycles. The number of rotatable bonds is 1. The van der Waals surface area contributed by atoms with Crippen molar-refractivity contribution in [1.29, 1.82) is 0 Å². The minimum atomic E-state index is 0.490. The van der Waals surface area contributed by atoms with Crippen molar-refractivity contribution < 1.29 is 0 Å². The molecule has 0 aromatic rings. The molecule has 0 N–H and O–H groups in total. The quantitative estimate of drug-likeness (QED) is 0.580. The molecular weight excluding hydrogens is 146 g/mol. The first kappa shape index (κ1) is 8.55. The van der Waals surface area contributed by atoms with Crippen molar-refractivity contribution >= 4 is 0 Å². The Morgan fingerprint density at radius 2 is 1.92 bits per heavy atom. The monoisotopic (exact) mass is 167 g/mol. The molecule has 0 aromatic heterocycles. The van der Waals surface area contributed by atoms with Gasteiger partial charge in [0.1, 0.15) is 0 Å². The fourth-order valence-electron chi connectivity index (χ4n) is 2.85. The topological polar surface area (TPSA) is 3.24 Å². The third-order valence-electron chi connectivity index (χ3n) is 3.60. The molecule has 0 radical (unpaired) electrons. The summed E-state index contributed by atoms with van der Waals surface area (Å²) in [5, 5.41) is 0. The Bertz CT molecular complexity index is 180. The minimum absolute atomic E-state index is 0.490. The van der Waals surface area contributed by atoms with Gasteiger partial charge in [0.15, 0.2) is 0 Å². The smallest absolute Gasteiger partial charge is 0.0150 e. The molecule has 12 heavy (non-hydrogen) atoms. The molecule has 0 amide bonds. The predicted molar refractivity (Wildman–Crippen MR) is 52.1 cm³/mol. The van der Waals surface area contributed by atoms with Crippen LogP contribution in [-0.4, -0.2) is 23.5 Å². The van der Waals surface area contributed by atoms with E-state index in [9.17, 15) is 0 Å². The van der Waals surface area contributed by atoms with Crippen LogP contribution in [0.3, 0.4) is 0 Å². The number of nitrogens with zero attached hydrogens (tertiary/aromatic N) is 1. The summed E-state index contributed by atoms with van der Waals surface area (Å²) in [6, 6.07) is 1.82. The van der Waals surface area contributed by atoms with Crippen LogP contribution in [0.15, 0.2) is 0 Å². The van der Waals surface area contributed by atoms with Gasteiger partial charge in [-0.3, -0.25) is 4.90 Å². The van der Waals surface area contributed by atoms with Crippen LogP contribution in [0.2, 0.25) is 0 Å². The molecule has 2 aliphatic rings. The molecule has 0 aromatic carbocycles. The van der Waals surface area contributed by atoms with E-state index >= 15 is 0 Å². The lowest BCUT2D eigenvalue weighted by Gasteiger charge is -2.36. The Morgan fingerprint density at radius 3 is 2.33 bits per heavy atom. The zero-order valence-corrected chi connectivity index (χ0v) is 8.80. The van der Waals surface area contributed by atoms with Gasteiger partial charge in [0.2, 0.25) is 0 Å². The van der Waals surface area contributed by atoms with E-state index in [1.165, 1.54) is 19.4 Å². The van der Waals surface area contributed by atoms with Crippen molar-refractivity contribution in [3.63, 3.8) is 0 Å². The lowest BCUT2D eigenvalue weighted by molar-refractivity contribution is 0.122. The summed E-state index contributed by atoms with van der Waals surface area (Å²) >= 11 is 0.